The molecule has 0 aliphatic rings. The number of carbonyl (C=O) groups is 2. The Morgan fingerprint density at radius 1 is 1.02 bits per heavy atom. The molecular weight excluding hydrogens is 591 g/mol. The minimum absolute atomic E-state index is 0.0606. The maximum Gasteiger partial charge on any atom is 0.271 e. The summed E-state index contributed by atoms with van der Waals surface area (Å²) in [5, 5.41) is 14.8. The lowest BCUT2D eigenvalue weighted by Gasteiger charge is -2.33. The van der Waals surface area contributed by atoms with Gasteiger partial charge in [-0.3, -0.25) is 24.0 Å². The molecule has 0 saturated carbocycles. The van der Waals surface area contributed by atoms with Gasteiger partial charge in [-0.25, -0.2) is 8.42 Å². The Balaban J connectivity index is 2.09. The van der Waals surface area contributed by atoms with Crippen LogP contribution in [0.1, 0.15) is 24.5 Å². The van der Waals surface area contributed by atoms with Crippen LogP contribution < -0.4 is 9.62 Å². The maximum absolute atomic E-state index is 14.0. The molecule has 13 heteroatoms. The molecule has 0 heterocycles. The van der Waals surface area contributed by atoms with E-state index in [9.17, 15) is 28.1 Å². The van der Waals surface area contributed by atoms with Crippen molar-refractivity contribution in [1.82, 2.24) is 10.2 Å². The fourth-order valence-corrected chi connectivity index (χ4v) is 5.44. The number of non-ortho nitro benzene ring substituents is 1. The second-order valence-electron chi connectivity index (χ2n) is 9.30. The van der Waals surface area contributed by atoms with E-state index >= 15 is 0 Å². The molecule has 0 radical (unpaired) electrons. The van der Waals surface area contributed by atoms with Crippen molar-refractivity contribution >= 4 is 56.4 Å². The van der Waals surface area contributed by atoms with Crippen LogP contribution in [-0.4, -0.2) is 55.4 Å². The van der Waals surface area contributed by atoms with E-state index in [-0.39, 0.29) is 29.4 Å². The zero-order valence-electron chi connectivity index (χ0n) is 22.5. The molecule has 0 bridgehead atoms. The highest BCUT2D eigenvalue weighted by Gasteiger charge is 2.33. The number of amides is 2. The van der Waals surface area contributed by atoms with Crippen molar-refractivity contribution < 1.29 is 22.9 Å². The van der Waals surface area contributed by atoms with Gasteiger partial charge in [0, 0.05) is 41.7 Å². The lowest BCUT2D eigenvalue weighted by Crippen LogP contribution is -2.53. The summed E-state index contributed by atoms with van der Waals surface area (Å²) in [5.41, 5.74) is 0.874. The largest absolute Gasteiger partial charge is 0.354 e. The van der Waals surface area contributed by atoms with Crippen LogP contribution in [0.5, 0.6) is 0 Å². The fraction of sp³-hybridized carbons (Fsp3) is 0.286. The first-order chi connectivity index (χ1) is 19.4. The molecule has 0 saturated heterocycles. The van der Waals surface area contributed by atoms with E-state index in [1.54, 1.807) is 12.1 Å². The number of hydrogen-bond acceptors (Lipinski definition) is 6. The summed E-state index contributed by atoms with van der Waals surface area (Å²) in [4.78, 5) is 39.5. The number of rotatable bonds is 13. The normalized spacial score (nSPS) is 11.9. The van der Waals surface area contributed by atoms with Crippen molar-refractivity contribution in [2.24, 2.45) is 0 Å². The van der Waals surface area contributed by atoms with Crippen LogP contribution in [0.4, 0.5) is 11.4 Å². The summed E-state index contributed by atoms with van der Waals surface area (Å²) in [7, 11) is -4.08. The van der Waals surface area contributed by atoms with Gasteiger partial charge in [0.15, 0.2) is 0 Å². The third-order valence-electron chi connectivity index (χ3n) is 6.18. The van der Waals surface area contributed by atoms with Gasteiger partial charge in [0.2, 0.25) is 21.8 Å². The Morgan fingerprint density at radius 2 is 1.73 bits per heavy atom. The Labute approximate surface area is 249 Å². The molecule has 2 amide bonds. The van der Waals surface area contributed by atoms with Crippen molar-refractivity contribution in [1.29, 1.82) is 0 Å². The quantitative estimate of drug-likeness (QED) is 0.215. The first-order valence-electron chi connectivity index (χ1n) is 12.7. The molecule has 0 spiro atoms. The standard InChI is InChI=1S/C28H30Cl2N4O6S/c1-3-14-31-28(36)26(15-20-8-5-4-6-9-20)32(18-21-12-13-22(29)16-25(21)30)27(35)19-33(41(2,39)40)23-10-7-11-24(17-23)34(37)38/h4-13,16-17,26H,3,14-15,18-19H2,1-2H3,(H,31,36)/t26-/m1/s1. The van der Waals surface area contributed by atoms with Crippen molar-refractivity contribution in [3.63, 3.8) is 0 Å². The lowest BCUT2D eigenvalue weighted by atomic mass is 10.0. The Morgan fingerprint density at radius 3 is 2.34 bits per heavy atom. The molecule has 0 aliphatic heterocycles. The summed E-state index contributed by atoms with van der Waals surface area (Å²) in [6, 6.07) is 17.8. The number of nitrogens with one attached hydrogen (secondary N) is 1. The van der Waals surface area contributed by atoms with E-state index in [1.807, 2.05) is 37.3 Å². The van der Waals surface area contributed by atoms with Crippen LogP contribution in [0.25, 0.3) is 0 Å². The zero-order chi connectivity index (χ0) is 30.2. The van der Waals surface area contributed by atoms with Gasteiger partial charge in [-0.1, -0.05) is 72.6 Å². The molecule has 218 valence electrons. The molecule has 1 N–H and O–H groups in total. The number of nitrogens with zero attached hydrogens (tertiary/aromatic N) is 3. The Bertz CT molecular complexity index is 1500. The average molecular weight is 622 g/mol. The molecule has 0 aliphatic carbocycles. The van der Waals surface area contributed by atoms with Crippen molar-refractivity contribution in [3.8, 4) is 0 Å². The second-order valence-corrected chi connectivity index (χ2v) is 12.1. The highest BCUT2D eigenvalue weighted by Crippen LogP contribution is 2.26. The number of hydrogen-bond donors (Lipinski definition) is 1. The Hall–Kier alpha value is -3.67. The molecule has 0 aromatic heterocycles. The van der Waals surface area contributed by atoms with Gasteiger partial charge >= 0.3 is 0 Å². The monoisotopic (exact) mass is 620 g/mol. The van der Waals surface area contributed by atoms with Crippen LogP contribution in [0, 0.1) is 10.1 Å². The van der Waals surface area contributed by atoms with Crippen LogP contribution in [-0.2, 0) is 32.6 Å². The smallest absolute Gasteiger partial charge is 0.271 e. The number of sulfonamides is 1. The summed E-state index contributed by atoms with van der Waals surface area (Å²) in [6.45, 7) is 1.43. The maximum atomic E-state index is 14.0. The molecule has 0 fully saturated rings. The average Bonchev–Trinajstić information content (AvgIpc) is 2.93. The van der Waals surface area contributed by atoms with Crippen molar-refractivity contribution in [3.05, 3.63) is 104 Å². The molecule has 3 rings (SSSR count). The van der Waals surface area contributed by atoms with Gasteiger partial charge in [0.25, 0.3) is 5.69 Å². The predicted octanol–water partition coefficient (Wildman–Crippen LogP) is 4.83. The highest BCUT2D eigenvalue weighted by molar-refractivity contribution is 7.92. The van der Waals surface area contributed by atoms with Crippen LogP contribution >= 0.6 is 23.2 Å². The summed E-state index contributed by atoms with van der Waals surface area (Å²) in [5.74, 6) is -1.13. The van der Waals surface area contributed by atoms with E-state index in [4.69, 9.17) is 23.2 Å². The molecule has 3 aromatic carbocycles. The topological polar surface area (TPSA) is 130 Å². The summed E-state index contributed by atoms with van der Waals surface area (Å²) in [6.07, 6.45) is 1.70. The van der Waals surface area contributed by atoms with Crippen LogP contribution in [0.2, 0.25) is 10.0 Å². The SMILES string of the molecule is CCCNC(=O)[C@@H](Cc1ccccc1)N(Cc1ccc(Cl)cc1Cl)C(=O)CN(c1cccc([N+](=O)[O-])c1)S(C)(=O)=O. The fourth-order valence-electron chi connectivity index (χ4n) is 4.13. The van der Waals surface area contributed by atoms with Gasteiger partial charge in [0.05, 0.1) is 16.9 Å². The van der Waals surface area contributed by atoms with Gasteiger partial charge in [-0.05, 0) is 35.7 Å². The number of anilines is 1. The molecule has 1 atom stereocenters. The van der Waals surface area contributed by atoms with Crippen LogP contribution in [0.3, 0.4) is 0 Å². The number of nitro groups is 1. The third kappa shape index (κ3) is 8.91. The molecular formula is C28H30Cl2N4O6S. The second kappa shape index (κ2) is 14.3. The minimum atomic E-state index is -4.08. The number of carbonyl (C=O) groups excluding carboxylic acids is 2. The van der Waals surface area contributed by atoms with E-state index < -0.39 is 39.3 Å². The Kier molecular flexibility index (Phi) is 11.1. The first-order valence-corrected chi connectivity index (χ1v) is 15.3. The highest BCUT2D eigenvalue weighted by atomic mass is 35.5. The lowest BCUT2D eigenvalue weighted by molar-refractivity contribution is -0.384. The van der Waals surface area contributed by atoms with Gasteiger partial charge in [-0.2, -0.15) is 0 Å². The molecule has 0 unspecified atom stereocenters. The summed E-state index contributed by atoms with van der Waals surface area (Å²) < 4.78 is 26.4. The number of benzene rings is 3. The minimum Gasteiger partial charge on any atom is -0.354 e. The van der Waals surface area contributed by atoms with Gasteiger partial charge < -0.3 is 10.2 Å². The number of nitro benzene ring substituents is 1. The van der Waals surface area contributed by atoms with Crippen molar-refractivity contribution in [2.75, 3.05) is 23.7 Å². The van der Waals surface area contributed by atoms with Gasteiger partial charge in [0.1, 0.15) is 12.6 Å². The van der Waals surface area contributed by atoms with E-state index in [0.29, 0.717) is 23.6 Å². The predicted molar refractivity (Wildman–Crippen MR) is 160 cm³/mol. The zero-order valence-corrected chi connectivity index (χ0v) is 24.8. The van der Waals surface area contributed by atoms with Crippen LogP contribution in [0.15, 0.2) is 72.8 Å². The van der Waals surface area contributed by atoms with Crippen molar-refractivity contribution in [2.45, 2.75) is 32.4 Å². The summed E-state index contributed by atoms with van der Waals surface area (Å²) >= 11 is 12.5. The molecule has 10 nitrogen and oxygen atoms in total. The third-order valence-corrected chi connectivity index (χ3v) is 7.91. The number of halogens is 2. The van der Waals surface area contributed by atoms with E-state index in [0.717, 1.165) is 22.2 Å². The first kappa shape index (κ1) is 31.9. The van der Waals surface area contributed by atoms with E-state index in [2.05, 4.69) is 5.32 Å². The molecule has 3 aromatic rings. The molecule has 41 heavy (non-hydrogen) atoms. The van der Waals surface area contributed by atoms with Gasteiger partial charge in [-0.15, -0.1) is 0 Å². The van der Waals surface area contributed by atoms with E-state index in [1.165, 1.54) is 29.2 Å².